The number of hydrogen-bond acceptors (Lipinski definition) is 9. The first-order valence-corrected chi connectivity index (χ1v) is 14.7. The van der Waals surface area contributed by atoms with E-state index in [2.05, 4.69) is 4.74 Å². The van der Waals surface area contributed by atoms with Gasteiger partial charge in [-0.3, -0.25) is 24.0 Å². The summed E-state index contributed by atoms with van der Waals surface area (Å²) in [6, 6.07) is 14.2. The number of hydroxylamine groups is 2. The van der Waals surface area contributed by atoms with Gasteiger partial charge in [0.2, 0.25) is 0 Å². The fraction of sp³-hybridized carbons (Fsp3) is 0.500. The average Bonchev–Trinajstić information content (AvgIpc) is 3.48. The van der Waals surface area contributed by atoms with Crippen molar-refractivity contribution in [2.24, 2.45) is 5.41 Å². The summed E-state index contributed by atoms with van der Waals surface area (Å²) in [6.45, 7) is 13.6. The predicted octanol–water partition coefficient (Wildman–Crippen LogP) is 5.60. The van der Waals surface area contributed by atoms with E-state index in [1.54, 1.807) is 38.5 Å². The second kappa shape index (κ2) is 21.7. The third-order valence-electron chi connectivity index (χ3n) is 6.33. The first kappa shape index (κ1) is 41.1. The molecular weight excluding hydrogens is 582 g/mol. The van der Waals surface area contributed by atoms with Crippen LogP contribution >= 0.6 is 0 Å². The van der Waals surface area contributed by atoms with Crippen LogP contribution in [-0.2, 0) is 33.4 Å². The van der Waals surface area contributed by atoms with Crippen molar-refractivity contribution in [3.8, 4) is 0 Å². The summed E-state index contributed by atoms with van der Waals surface area (Å²) >= 11 is 0. The largest absolute Gasteiger partial charge is 0.478 e. The number of imide groups is 1. The van der Waals surface area contributed by atoms with Crippen LogP contribution in [0, 0.1) is 19.3 Å². The van der Waals surface area contributed by atoms with Gasteiger partial charge >= 0.3 is 11.9 Å². The zero-order valence-electron chi connectivity index (χ0n) is 28.0. The monoisotopic (exact) mass is 631 g/mol. The Balaban J connectivity index is 0.000000670. The molecule has 2 aromatic carbocycles. The summed E-state index contributed by atoms with van der Waals surface area (Å²) in [4.78, 5) is 59.5. The molecule has 0 bridgehead atoms. The highest BCUT2D eigenvalue weighted by Gasteiger charge is 2.43. The van der Waals surface area contributed by atoms with Gasteiger partial charge in [-0.05, 0) is 37.8 Å². The zero-order valence-corrected chi connectivity index (χ0v) is 28.0. The summed E-state index contributed by atoms with van der Waals surface area (Å²) in [6.07, 6.45) is 1.50. The summed E-state index contributed by atoms with van der Waals surface area (Å²) < 4.78 is 15.0. The maximum Gasteiger partial charge on any atom is 0.335 e. The number of ether oxygens (including phenoxy) is 3. The molecule has 2 aliphatic heterocycles. The van der Waals surface area contributed by atoms with Crippen LogP contribution in [0.5, 0.6) is 0 Å². The minimum atomic E-state index is -0.875. The Hall–Kier alpha value is -3.93. The molecule has 250 valence electrons. The Bertz CT molecular complexity index is 1180. The Kier molecular flexibility index (Phi) is 19.8. The van der Waals surface area contributed by atoms with Crippen LogP contribution in [0.4, 0.5) is 0 Å². The van der Waals surface area contributed by atoms with E-state index in [4.69, 9.17) is 19.4 Å². The van der Waals surface area contributed by atoms with Gasteiger partial charge in [0.1, 0.15) is 19.5 Å². The van der Waals surface area contributed by atoms with Gasteiger partial charge in [-0.15, -0.1) is 0 Å². The van der Waals surface area contributed by atoms with Crippen molar-refractivity contribution < 1.29 is 48.1 Å². The lowest BCUT2D eigenvalue weighted by Crippen LogP contribution is -2.36. The number of hydrogen-bond donors (Lipinski definition) is 1. The smallest absolute Gasteiger partial charge is 0.335 e. The first-order chi connectivity index (χ1) is 21.2. The summed E-state index contributed by atoms with van der Waals surface area (Å²) in [5.74, 6) is -1.84. The van der Waals surface area contributed by atoms with Gasteiger partial charge in [0, 0.05) is 39.5 Å². The van der Waals surface area contributed by atoms with Gasteiger partial charge in [0.25, 0.3) is 11.8 Å². The van der Waals surface area contributed by atoms with Gasteiger partial charge in [-0.25, -0.2) is 4.79 Å². The van der Waals surface area contributed by atoms with Crippen molar-refractivity contribution in [2.75, 3.05) is 27.4 Å². The molecule has 0 radical (unpaired) electrons. The Morgan fingerprint density at radius 2 is 1.40 bits per heavy atom. The van der Waals surface area contributed by atoms with Gasteiger partial charge in [-0.2, -0.15) is 5.06 Å². The highest BCUT2D eigenvalue weighted by atomic mass is 16.7. The second-order valence-electron chi connectivity index (χ2n) is 10.7. The van der Waals surface area contributed by atoms with Crippen molar-refractivity contribution in [3.63, 3.8) is 0 Å². The molecule has 2 fully saturated rings. The number of rotatable bonds is 7. The number of carbonyl (C=O) groups excluding carboxylic acids is 4. The number of carboxylic acid groups (broad SMARTS) is 1. The maximum atomic E-state index is 11.5. The molecule has 2 saturated heterocycles. The number of esters is 1. The third-order valence-corrected chi connectivity index (χ3v) is 6.33. The minimum Gasteiger partial charge on any atom is -0.478 e. The molecule has 2 unspecified atom stereocenters. The molecule has 2 aliphatic rings. The van der Waals surface area contributed by atoms with Crippen LogP contribution in [0.2, 0.25) is 0 Å². The number of aldehydes is 1. The van der Waals surface area contributed by atoms with Crippen LogP contribution in [0.1, 0.15) is 85.7 Å². The first-order valence-electron chi connectivity index (χ1n) is 14.7. The van der Waals surface area contributed by atoms with Crippen LogP contribution in [0.25, 0.3) is 0 Å². The van der Waals surface area contributed by atoms with Crippen LogP contribution in [-0.4, -0.2) is 79.9 Å². The predicted molar refractivity (Wildman–Crippen MR) is 170 cm³/mol. The van der Waals surface area contributed by atoms with Crippen molar-refractivity contribution >= 4 is 30.0 Å². The van der Waals surface area contributed by atoms with Gasteiger partial charge < -0.3 is 19.3 Å². The normalized spacial score (nSPS) is 17.6. The van der Waals surface area contributed by atoms with Crippen molar-refractivity contribution in [1.82, 2.24) is 5.06 Å². The third kappa shape index (κ3) is 16.1. The van der Waals surface area contributed by atoms with Crippen LogP contribution in [0.3, 0.4) is 0 Å². The number of methoxy groups -OCH3 is 1. The van der Waals surface area contributed by atoms with E-state index in [9.17, 15) is 24.0 Å². The Labute approximate surface area is 266 Å². The van der Waals surface area contributed by atoms with Gasteiger partial charge in [0.05, 0.1) is 17.8 Å². The van der Waals surface area contributed by atoms with Gasteiger partial charge in [-0.1, -0.05) is 75.2 Å². The van der Waals surface area contributed by atoms with Crippen molar-refractivity contribution in [2.45, 2.75) is 79.9 Å². The number of benzene rings is 2. The Morgan fingerprint density at radius 1 is 0.933 bits per heavy atom. The van der Waals surface area contributed by atoms with E-state index in [0.29, 0.717) is 5.56 Å². The molecule has 2 atom stereocenters. The van der Waals surface area contributed by atoms with E-state index in [0.717, 1.165) is 28.9 Å². The van der Waals surface area contributed by atoms with Crippen LogP contribution in [0.15, 0.2) is 48.5 Å². The van der Waals surface area contributed by atoms with E-state index >= 15 is 0 Å². The minimum absolute atomic E-state index is 0.126. The number of nitrogens with zero attached hydrogens (tertiary/aromatic N) is 1. The molecule has 11 nitrogen and oxygen atoms in total. The molecular formula is C34H49NO10. The molecule has 0 spiro atoms. The molecule has 4 rings (SSSR count). The molecule has 2 aromatic rings. The highest BCUT2D eigenvalue weighted by molar-refractivity contribution is 6.00. The zero-order chi connectivity index (χ0) is 34.6. The second-order valence-corrected chi connectivity index (χ2v) is 10.7. The SMILES string of the molecule is CC.CC(=O)OCC1CC(C)(C)C(CON2C(=O)CCC2=O)O1.COC.Cc1ccc(C(=O)O)cc1.Cc1ccc(C=O)cc1. The van der Waals surface area contributed by atoms with E-state index < -0.39 is 5.97 Å². The van der Waals surface area contributed by atoms with Crippen LogP contribution < -0.4 is 0 Å². The van der Waals surface area contributed by atoms with Crippen molar-refractivity contribution in [1.29, 1.82) is 0 Å². The fourth-order valence-corrected chi connectivity index (χ4v) is 3.94. The highest BCUT2D eigenvalue weighted by Crippen LogP contribution is 2.38. The van der Waals surface area contributed by atoms with E-state index in [1.165, 1.54) is 12.5 Å². The molecule has 2 heterocycles. The van der Waals surface area contributed by atoms with Gasteiger partial charge in [0.15, 0.2) is 0 Å². The number of carbonyl (C=O) groups is 5. The number of aryl methyl sites for hydroxylation is 2. The molecule has 0 saturated carbocycles. The summed E-state index contributed by atoms with van der Waals surface area (Å²) in [5.41, 5.74) is 3.15. The molecule has 0 aliphatic carbocycles. The molecule has 11 heteroatoms. The quantitative estimate of drug-likeness (QED) is 0.233. The summed E-state index contributed by atoms with van der Waals surface area (Å²) in [7, 11) is 3.25. The standard InChI is InChI=1S/C14H21NO6.C8H8O2.C8H8O.C2H6O.C2H6/c1-9(16)19-7-10-6-14(2,3)11(21-10)8-20-15-12(17)4-5-13(15)18;1-6-2-4-7(5-3-6)8(9)10;1-7-2-4-8(6-9)5-3-7;1-3-2;1-2/h10-11H,4-8H2,1-3H3;2-5H,1H3,(H,9,10);2-6H,1H3;1-2H3;1-2H3. The summed E-state index contributed by atoms with van der Waals surface area (Å²) in [5, 5.41) is 9.31. The lowest BCUT2D eigenvalue weighted by molar-refractivity contribution is -0.199. The number of aromatic carboxylic acids is 1. The lowest BCUT2D eigenvalue weighted by atomic mass is 9.84. The Morgan fingerprint density at radius 3 is 1.82 bits per heavy atom. The molecule has 45 heavy (non-hydrogen) atoms. The van der Waals surface area contributed by atoms with E-state index in [-0.39, 0.29) is 61.5 Å². The fourth-order valence-electron chi connectivity index (χ4n) is 3.94. The average molecular weight is 632 g/mol. The topological polar surface area (TPSA) is 146 Å². The molecule has 1 N–H and O–H groups in total. The van der Waals surface area contributed by atoms with Crippen molar-refractivity contribution in [3.05, 3.63) is 70.8 Å². The number of carboxylic acids is 1. The molecule has 2 amide bonds. The van der Waals surface area contributed by atoms with E-state index in [1.807, 2.05) is 65.8 Å². The number of amides is 2. The maximum absolute atomic E-state index is 11.5. The molecule has 0 aromatic heterocycles. The lowest BCUT2D eigenvalue weighted by Gasteiger charge is -2.26.